The molecule has 7 nitrogen and oxygen atoms in total. The van der Waals surface area contributed by atoms with Gasteiger partial charge in [-0.05, 0) is 47.9 Å². The van der Waals surface area contributed by atoms with Crippen LogP contribution in [0.3, 0.4) is 0 Å². The number of nitrogens with zero attached hydrogens (tertiary/aromatic N) is 1. The van der Waals surface area contributed by atoms with E-state index >= 15 is 0 Å². The third-order valence-corrected chi connectivity index (χ3v) is 6.90. The number of carboxylic acids is 1. The van der Waals surface area contributed by atoms with Crippen LogP contribution in [0.2, 0.25) is 0 Å². The topological polar surface area (TPSA) is 95.9 Å². The van der Waals surface area contributed by atoms with Crippen molar-refractivity contribution in [2.45, 2.75) is 51.6 Å². The van der Waals surface area contributed by atoms with E-state index < -0.39 is 24.0 Å². The van der Waals surface area contributed by atoms with Crippen molar-refractivity contribution in [3.63, 3.8) is 0 Å². The fourth-order valence-corrected chi connectivity index (χ4v) is 4.80. The Morgan fingerprint density at radius 1 is 1.00 bits per heavy atom. The van der Waals surface area contributed by atoms with Gasteiger partial charge < -0.3 is 20.1 Å². The van der Waals surface area contributed by atoms with E-state index in [1.165, 1.54) is 11.8 Å². The van der Waals surface area contributed by atoms with Crippen LogP contribution in [0.15, 0.2) is 48.5 Å². The first-order valence-corrected chi connectivity index (χ1v) is 11.9. The van der Waals surface area contributed by atoms with Gasteiger partial charge in [0.05, 0.1) is 5.92 Å². The Morgan fingerprint density at radius 2 is 1.56 bits per heavy atom. The quantitative estimate of drug-likeness (QED) is 0.578. The van der Waals surface area contributed by atoms with Gasteiger partial charge in [0.15, 0.2) is 0 Å². The molecule has 4 rings (SSSR count). The van der Waals surface area contributed by atoms with Crippen LogP contribution in [0, 0.1) is 11.8 Å². The molecule has 0 radical (unpaired) electrons. The predicted molar refractivity (Wildman–Crippen MR) is 128 cm³/mol. The Labute approximate surface area is 200 Å². The Bertz CT molecular complexity index is 1030. The highest BCUT2D eigenvalue weighted by molar-refractivity contribution is 5.86. The van der Waals surface area contributed by atoms with E-state index in [4.69, 9.17) is 4.74 Å². The number of nitrogens with one attached hydrogen (secondary N) is 1. The Morgan fingerprint density at radius 3 is 2.06 bits per heavy atom. The molecule has 2 aliphatic rings. The van der Waals surface area contributed by atoms with Crippen molar-refractivity contribution in [1.29, 1.82) is 0 Å². The monoisotopic (exact) mass is 464 g/mol. The summed E-state index contributed by atoms with van der Waals surface area (Å²) in [6.07, 6.45) is 1.05. The number of alkyl carbamates (subject to hydrolysis) is 1. The van der Waals surface area contributed by atoms with Crippen molar-refractivity contribution in [3.8, 4) is 11.1 Å². The maximum Gasteiger partial charge on any atom is 0.407 e. The van der Waals surface area contributed by atoms with Crippen LogP contribution in [-0.2, 0) is 14.3 Å². The van der Waals surface area contributed by atoms with Crippen LogP contribution in [0.5, 0.6) is 0 Å². The molecule has 2 N–H and O–H groups in total. The molecule has 180 valence electrons. The van der Waals surface area contributed by atoms with E-state index in [0.717, 1.165) is 35.1 Å². The number of carbonyl (C=O) groups excluding carboxylic acids is 2. The molecule has 0 saturated heterocycles. The lowest BCUT2D eigenvalue weighted by atomic mass is 9.93. The Kier molecular flexibility index (Phi) is 6.91. The van der Waals surface area contributed by atoms with Crippen molar-refractivity contribution in [3.05, 3.63) is 59.7 Å². The smallest absolute Gasteiger partial charge is 0.407 e. The Hall–Kier alpha value is -3.35. The largest absolute Gasteiger partial charge is 0.480 e. The second-order valence-electron chi connectivity index (χ2n) is 9.55. The zero-order chi connectivity index (χ0) is 24.4. The van der Waals surface area contributed by atoms with Gasteiger partial charge in [0.25, 0.3) is 0 Å². The number of amides is 2. The molecule has 2 amide bonds. The van der Waals surface area contributed by atoms with E-state index in [0.29, 0.717) is 0 Å². The third kappa shape index (κ3) is 4.79. The first kappa shape index (κ1) is 23.8. The van der Waals surface area contributed by atoms with E-state index in [-0.39, 0.29) is 36.9 Å². The van der Waals surface area contributed by atoms with Crippen molar-refractivity contribution >= 4 is 18.0 Å². The number of rotatable bonds is 9. The van der Waals surface area contributed by atoms with Crippen LogP contribution >= 0.6 is 0 Å². The van der Waals surface area contributed by atoms with Gasteiger partial charge in [-0.3, -0.25) is 4.79 Å². The van der Waals surface area contributed by atoms with Gasteiger partial charge in [-0.15, -0.1) is 0 Å². The first-order valence-electron chi connectivity index (χ1n) is 11.9. The molecule has 7 heteroatoms. The lowest BCUT2D eigenvalue weighted by Crippen LogP contribution is -2.50. The number of hydrogen-bond acceptors (Lipinski definition) is 4. The molecule has 2 atom stereocenters. The second kappa shape index (κ2) is 9.87. The predicted octanol–water partition coefficient (Wildman–Crippen LogP) is 4.26. The minimum atomic E-state index is -1.02. The highest BCUT2D eigenvalue weighted by Crippen LogP contribution is 2.44. The fourth-order valence-electron chi connectivity index (χ4n) is 4.80. The van der Waals surface area contributed by atoms with E-state index in [9.17, 15) is 19.5 Å². The lowest BCUT2D eigenvalue weighted by molar-refractivity contribution is -0.152. The lowest BCUT2D eigenvalue weighted by Gasteiger charge is -2.32. The van der Waals surface area contributed by atoms with Gasteiger partial charge in [-0.2, -0.15) is 0 Å². The minimum Gasteiger partial charge on any atom is -0.480 e. The number of hydrogen-bond donors (Lipinski definition) is 2. The molecule has 34 heavy (non-hydrogen) atoms. The summed E-state index contributed by atoms with van der Waals surface area (Å²) in [4.78, 5) is 38.8. The van der Waals surface area contributed by atoms with E-state index in [1.807, 2.05) is 38.1 Å². The highest BCUT2D eigenvalue weighted by Gasteiger charge is 2.41. The summed E-state index contributed by atoms with van der Waals surface area (Å²) in [7, 11) is 0. The number of benzene rings is 2. The molecule has 0 bridgehead atoms. The summed E-state index contributed by atoms with van der Waals surface area (Å²) in [5.41, 5.74) is 4.58. The normalized spacial score (nSPS) is 16.4. The van der Waals surface area contributed by atoms with Crippen molar-refractivity contribution < 1.29 is 24.2 Å². The average molecular weight is 465 g/mol. The first-order chi connectivity index (χ1) is 16.3. The molecule has 0 aliphatic heterocycles. The molecule has 2 unspecified atom stereocenters. The summed E-state index contributed by atoms with van der Waals surface area (Å²) in [5.74, 6) is -1.88. The summed E-state index contributed by atoms with van der Waals surface area (Å²) >= 11 is 0. The number of ether oxygens (including phenoxy) is 1. The highest BCUT2D eigenvalue weighted by atomic mass is 16.5. The summed E-state index contributed by atoms with van der Waals surface area (Å²) in [6, 6.07) is 15.3. The fraction of sp³-hybridized carbons (Fsp3) is 0.444. The van der Waals surface area contributed by atoms with Gasteiger partial charge in [-0.1, -0.05) is 62.4 Å². The Balaban J connectivity index is 1.38. The SMILES string of the molecule is CC(C)C(CNC(=O)OCC1c2ccccc2-c2ccccc21)C(=O)N(C1CC1)C(C)C(=O)O. The molecule has 0 spiro atoms. The van der Waals surface area contributed by atoms with E-state index in [1.54, 1.807) is 0 Å². The maximum absolute atomic E-state index is 13.2. The van der Waals surface area contributed by atoms with Crippen molar-refractivity contribution in [2.24, 2.45) is 11.8 Å². The standard InChI is InChI=1S/C27H32N2O5/c1-16(2)23(25(30)29(18-12-13-18)17(3)26(31)32)14-28-27(33)34-15-24-21-10-6-4-8-19(21)20-9-5-7-11-22(20)24/h4-11,16-18,23-24H,12-15H2,1-3H3,(H,28,33)(H,31,32). The molecule has 2 aromatic carbocycles. The minimum absolute atomic E-state index is 0.0331. The van der Waals surface area contributed by atoms with Crippen molar-refractivity contribution in [2.75, 3.05) is 13.2 Å². The summed E-state index contributed by atoms with van der Waals surface area (Å²) in [6.45, 7) is 5.64. The summed E-state index contributed by atoms with van der Waals surface area (Å²) in [5, 5.41) is 12.2. The van der Waals surface area contributed by atoms with Gasteiger partial charge in [0.2, 0.25) is 5.91 Å². The number of fused-ring (bicyclic) bond motifs is 3. The molecule has 1 fully saturated rings. The van der Waals surface area contributed by atoms with Gasteiger partial charge in [-0.25, -0.2) is 9.59 Å². The van der Waals surface area contributed by atoms with Crippen LogP contribution < -0.4 is 5.32 Å². The number of carboxylic acid groups (broad SMARTS) is 1. The van der Waals surface area contributed by atoms with Crippen LogP contribution in [0.1, 0.15) is 50.7 Å². The van der Waals surface area contributed by atoms with Gasteiger partial charge in [0.1, 0.15) is 12.6 Å². The number of aliphatic carboxylic acids is 1. The molecule has 1 saturated carbocycles. The molecule has 2 aliphatic carbocycles. The zero-order valence-electron chi connectivity index (χ0n) is 19.9. The molecular formula is C27H32N2O5. The number of carbonyl (C=O) groups is 3. The summed E-state index contributed by atoms with van der Waals surface area (Å²) < 4.78 is 5.59. The van der Waals surface area contributed by atoms with E-state index in [2.05, 4.69) is 29.6 Å². The van der Waals surface area contributed by atoms with Crippen LogP contribution in [-0.4, -0.2) is 53.2 Å². The van der Waals surface area contributed by atoms with Crippen LogP contribution in [0.4, 0.5) is 4.79 Å². The van der Waals surface area contributed by atoms with Crippen LogP contribution in [0.25, 0.3) is 11.1 Å². The van der Waals surface area contributed by atoms with Gasteiger partial charge in [0, 0.05) is 18.5 Å². The molecule has 0 heterocycles. The van der Waals surface area contributed by atoms with Gasteiger partial charge >= 0.3 is 12.1 Å². The maximum atomic E-state index is 13.2. The second-order valence-corrected chi connectivity index (χ2v) is 9.55. The zero-order valence-corrected chi connectivity index (χ0v) is 19.9. The average Bonchev–Trinajstić information content (AvgIpc) is 3.59. The molecule has 2 aromatic rings. The molecule has 0 aromatic heterocycles. The van der Waals surface area contributed by atoms with Crippen molar-refractivity contribution in [1.82, 2.24) is 10.2 Å². The molecular weight excluding hydrogens is 432 g/mol. The third-order valence-electron chi connectivity index (χ3n) is 6.90.